The van der Waals surface area contributed by atoms with Crippen molar-refractivity contribution in [3.05, 3.63) is 11.1 Å². The topological polar surface area (TPSA) is 34.2 Å². The third-order valence-corrected chi connectivity index (χ3v) is 3.26. The number of ether oxygens (including phenoxy) is 1. The Morgan fingerprint density at radius 2 is 2.64 bits per heavy atom. The lowest BCUT2D eigenvalue weighted by Crippen LogP contribution is -2.12. The van der Waals surface area contributed by atoms with Crippen LogP contribution in [-0.4, -0.2) is 24.2 Å². The lowest BCUT2D eigenvalue weighted by atomic mass is 10.2. The molecule has 1 atom stereocenters. The molecule has 2 rings (SSSR count). The van der Waals surface area contributed by atoms with Crippen LogP contribution in [0.5, 0.6) is 0 Å². The van der Waals surface area contributed by atoms with Crippen LogP contribution < -0.4 is 5.32 Å². The van der Waals surface area contributed by atoms with E-state index in [1.807, 2.05) is 6.20 Å². The Morgan fingerprint density at radius 3 is 3.29 bits per heavy atom. The van der Waals surface area contributed by atoms with Gasteiger partial charge < -0.3 is 10.1 Å². The van der Waals surface area contributed by atoms with Gasteiger partial charge in [-0.3, -0.25) is 0 Å². The normalized spacial score (nSPS) is 21.4. The Hall–Kier alpha value is -0.610. The highest BCUT2D eigenvalue weighted by Gasteiger charge is 2.14. The van der Waals surface area contributed by atoms with Crippen molar-refractivity contribution >= 4 is 16.5 Å². The van der Waals surface area contributed by atoms with Crippen molar-refractivity contribution in [2.75, 3.05) is 18.5 Å². The summed E-state index contributed by atoms with van der Waals surface area (Å²) in [7, 11) is 0. The van der Waals surface area contributed by atoms with E-state index in [0.29, 0.717) is 6.10 Å². The summed E-state index contributed by atoms with van der Waals surface area (Å²) >= 11 is 1.71. The van der Waals surface area contributed by atoms with E-state index >= 15 is 0 Å². The fourth-order valence-corrected chi connectivity index (χ4v) is 2.34. The van der Waals surface area contributed by atoms with Crippen LogP contribution in [0, 0.1) is 6.92 Å². The Balaban J connectivity index is 1.67. The molecule has 1 unspecified atom stereocenters. The Morgan fingerprint density at radius 1 is 1.71 bits per heavy atom. The predicted octanol–water partition coefficient (Wildman–Crippen LogP) is 2.43. The number of nitrogens with zero attached hydrogens (tertiary/aromatic N) is 1. The second kappa shape index (κ2) is 4.75. The van der Waals surface area contributed by atoms with Crippen LogP contribution in [-0.2, 0) is 4.74 Å². The molecular formula is C10H16N2OS. The summed E-state index contributed by atoms with van der Waals surface area (Å²) in [6.07, 6.45) is 5.92. The van der Waals surface area contributed by atoms with E-state index in [-0.39, 0.29) is 0 Å². The van der Waals surface area contributed by atoms with Gasteiger partial charge in [0.1, 0.15) is 0 Å². The number of nitrogens with one attached hydrogen (secondary N) is 1. The van der Waals surface area contributed by atoms with E-state index in [1.54, 1.807) is 11.3 Å². The van der Waals surface area contributed by atoms with Gasteiger partial charge in [-0.05, 0) is 26.2 Å². The molecule has 1 fully saturated rings. The molecular weight excluding hydrogens is 196 g/mol. The Labute approximate surface area is 88.5 Å². The molecule has 4 heteroatoms. The monoisotopic (exact) mass is 212 g/mol. The molecule has 1 aromatic rings. The zero-order valence-electron chi connectivity index (χ0n) is 8.45. The van der Waals surface area contributed by atoms with Gasteiger partial charge in [-0.15, -0.1) is 11.3 Å². The maximum absolute atomic E-state index is 5.54. The summed E-state index contributed by atoms with van der Waals surface area (Å²) in [5, 5.41) is 4.35. The molecule has 1 aliphatic heterocycles. The van der Waals surface area contributed by atoms with Gasteiger partial charge in [-0.2, -0.15) is 0 Å². The fraction of sp³-hybridized carbons (Fsp3) is 0.700. The van der Waals surface area contributed by atoms with Crippen LogP contribution in [0.2, 0.25) is 0 Å². The molecule has 1 saturated heterocycles. The molecule has 1 aliphatic rings. The summed E-state index contributed by atoms with van der Waals surface area (Å²) in [4.78, 5) is 5.50. The molecule has 0 amide bonds. The minimum absolute atomic E-state index is 0.476. The average Bonchev–Trinajstić information content (AvgIpc) is 2.77. The quantitative estimate of drug-likeness (QED) is 0.832. The van der Waals surface area contributed by atoms with Crippen LogP contribution in [0.3, 0.4) is 0 Å². The number of rotatable bonds is 4. The van der Waals surface area contributed by atoms with Crippen molar-refractivity contribution in [3.63, 3.8) is 0 Å². The van der Waals surface area contributed by atoms with E-state index in [9.17, 15) is 0 Å². The molecule has 0 aliphatic carbocycles. The van der Waals surface area contributed by atoms with E-state index in [1.165, 1.54) is 17.7 Å². The van der Waals surface area contributed by atoms with Gasteiger partial charge in [0.2, 0.25) is 0 Å². The standard InChI is InChI=1S/C10H16N2OS/c1-8-7-12-10(14-8)11-5-4-9-3-2-6-13-9/h7,9H,2-6H2,1H3,(H,11,12). The highest BCUT2D eigenvalue weighted by Crippen LogP contribution is 2.18. The first-order valence-corrected chi connectivity index (χ1v) is 5.94. The SMILES string of the molecule is Cc1cnc(NCCC2CCCO2)s1. The van der Waals surface area contributed by atoms with Crippen molar-refractivity contribution in [3.8, 4) is 0 Å². The third kappa shape index (κ3) is 2.69. The van der Waals surface area contributed by atoms with Crippen molar-refractivity contribution in [1.29, 1.82) is 0 Å². The molecule has 78 valence electrons. The lowest BCUT2D eigenvalue weighted by molar-refractivity contribution is 0.107. The predicted molar refractivity (Wildman–Crippen MR) is 58.9 cm³/mol. The lowest BCUT2D eigenvalue weighted by Gasteiger charge is -2.08. The van der Waals surface area contributed by atoms with Crippen molar-refractivity contribution in [2.45, 2.75) is 32.3 Å². The maximum Gasteiger partial charge on any atom is 0.182 e. The molecule has 0 radical (unpaired) electrons. The molecule has 14 heavy (non-hydrogen) atoms. The molecule has 0 spiro atoms. The van der Waals surface area contributed by atoms with E-state index in [4.69, 9.17) is 4.74 Å². The summed E-state index contributed by atoms with van der Waals surface area (Å²) < 4.78 is 5.54. The summed E-state index contributed by atoms with van der Waals surface area (Å²) in [5.74, 6) is 0. The number of hydrogen-bond donors (Lipinski definition) is 1. The van der Waals surface area contributed by atoms with Crippen LogP contribution in [0.4, 0.5) is 5.13 Å². The van der Waals surface area contributed by atoms with E-state index in [2.05, 4.69) is 17.2 Å². The highest BCUT2D eigenvalue weighted by molar-refractivity contribution is 7.15. The molecule has 1 N–H and O–H groups in total. The van der Waals surface area contributed by atoms with Gasteiger partial charge in [0, 0.05) is 24.2 Å². The minimum Gasteiger partial charge on any atom is -0.378 e. The first kappa shape index (κ1) is 9.93. The first-order valence-electron chi connectivity index (χ1n) is 5.12. The number of aromatic nitrogens is 1. The summed E-state index contributed by atoms with van der Waals surface area (Å²) in [6, 6.07) is 0. The van der Waals surface area contributed by atoms with E-state index in [0.717, 1.165) is 24.7 Å². The van der Waals surface area contributed by atoms with Gasteiger partial charge in [-0.25, -0.2) is 4.98 Å². The Bertz CT molecular complexity index is 281. The third-order valence-electron chi connectivity index (χ3n) is 2.39. The van der Waals surface area contributed by atoms with Gasteiger partial charge in [-0.1, -0.05) is 0 Å². The molecule has 2 heterocycles. The van der Waals surface area contributed by atoms with Gasteiger partial charge >= 0.3 is 0 Å². The van der Waals surface area contributed by atoms with Crippen LogP contribution in [0.25, 0.3) is 0 Å². The number of thiazole rings is 1. The van der Waals surface area contributed by atoms with Crippen molar-refractivity contribution < 1.29 is 4.74 Å². The first-order chi connectivity index (χ1) is 6.84. The fourth-order valence-electron chi connectivity index (χ4n) is 1.65. The van der Waals surface area contributed by atoms with Gasteiger partial charge in [0.25, 0.3) is 0 Å². The number of aryl methyl sites for hydroxylation is 1. The van der Waals surface area contributed by atoms with E-state index < -0.39 is 0 Å². The van der Waals surface area contributed by atoms with Gasteiger partial charge in [0.05, 0.1) is 6.10 Å². The number of anilines is 1. The average molecular weight is 212 g/mol. The highest BCUT2D eigenvalue weighted by atomic mass is 32.1. The second-order valence-corrected chi connectivity index (χ2v) is 4.86. The summed E-state index contributed by atoms with van der Waals surface area (Å²) in [5.41, 5.74) is 0. The second-order valence-electron chi connectivity index (χ2n) is 3.63. The van der Waals surface area contributed by atoms with Crippen molar-refractivity contribution in [2.24, 2.45) is 0 Å². The van der Waals surface area contributed by atoms with Gasteiger partial charge in [0.15, 0.2) is 5.13 Å². The summed E-state index contributed by atoms with van der Waals surface area (Å²) in [6.45, 7) is 3.99. The number of hydrogen-bond acceptors (Lipinski definition) is 4. The molecule has 0 bridgehead atoms. The largest absolute Gasteiger partial charge is 0.378 e. The Kier molecular flexibility index (Phi) is 3.37. The van der Waals surface area contributed by atoms with Crippen LogP contribution >= 0.6 is 11.3 Å². The van der Waals surface area contributed by atoms with Crippen LogP contribution in [0.1, 0.15) is 24.1 Å². The minimum atomic E-state index is 0.476. The zero-order valence-corrected chi connectivity index (χ0v) is 9.27. The van der Waals surface area contributed by atoms with Crippen molar-refractivity contribution in [1.82, 2.24) is 4.98 Å². The maximum atomic E-state index is 5.54. The van der Waals surface area contributed by atoms with Crippen LogP contribution in [0.15, 0.2) is 6.20 Å². The smallest absolute Gasteiger partial charge is 0.182 e. The molecule has 0 aromatic carbocycles. The molecule has 0 saturated carbocycles. The molecule has 3 nitrogen and oxygen atoms in total. The zero-order chi connectivity index (χ0) is 9.80. The molecule has 1 aromatic heterocycles.